The normalized spacial score (nSPS) is 24.3. The van der Waals surface area contributed by atoms with E-state index in [1.807, 2.05) is 11.9 Å². The highest BCUT2D eigenvalue weighted by Crippen LogP contribution is 2.46. The van der Waals surface area contributed by atoms with Crippen molar-refractivity contribution in [3.05, 3.63) is 0 Å². The fourth-order valence-corrected chi connectivity index (χ4v) is 2.91. The Hall–Kier alpha value is -0.610. The summed E-state index contributed by atoms with van der Waals surface area (Å²) >= 11 is 0. The summed E-state index contributed by atoms with van der Waals surface area (Å²) in [4.78, 5) is 16.5. The topological polar surface area (TPSA) is 49.6 Å². The van der Waals surface area contributed by atoms with Gasteiger partial charge in [0.1, 0.15) is 0 Å². The van der Waals surface area contributed by atoms with Gasteiger partial charge in [-0.3, -0.25) is 4.79 Å². The monoisotopic (exact) mass is 239 g/mol. The van der Waals surface area contributed by atoms with Crippen LogP contribution in [0, 0.1) is 5.41 Å². The number of nitrogens with two attached hydrogens (primary N) is 1. The van der Waals surface area contributed by atoms with Crippen molar-refractivity contribution in [1.82, 2.24) is 9.80 Å². The third kappa shape index (κ3) is 2.08. The largest absolute Gasteiger partial charge is 0.343 e. The molecule has 4 nitrogen and oxygen atoms in total. The van der Waals surface area contributed by atoms with Crippen LogP contribution in [-0.2, 0) is 4.79 Å². The SMILES string of the molecule is CN(CC1(N(C)C)CCC1)C(=O)C1(CN)CC1. The van der Waals surface area contributed by atoms with Gasteiger partial charge in [-0.15, -0.1) is 0 Å². The molecular formula is C13H25N3O. The lowest BCUT2D eigenvalue weighted by Gasteiger charge is -2.49. The molecule has 0 unspecified atom stereocenters. The van der Waals surface area contributed by atoms with Crippen LogP contribution < -0.4 is 5.73 Å². The van der Waals surface area contributed by atoms with Gasteiger partial charge in [0.2, 0.25) is 5.91 Å². The van der Waals surface area contributed by atoms with E-state index in [9.17, 15) is 4.79 Å². The maximum atomic E-state index is 12.3. The second kappa shape index (κ2) is 4.25. The summed E-state index contributed by atoms with van der Waals surface area (Å²) in [6.45, 7) is 1.35. The van der Waals surface area contributed by atoms with Crippen molar-refractivity contribution in [2.24, 2.45) is 11.1 Å². The molecule has 0 aromatic heterocycles. The third-order valence-electron chi connectivity index (χ3n) is 4.81. The van der Waals surface area contributed by atoms with Crippen LogP contribution >= 0.6 is 0 Å². The van der Waals surface area contributed by atoms with Gasteiger partial charge >= 0.3 is 0 Å². The lowest BCUT2D eigenvalue weighted by atomic mass is 9.75. The number of carbonyl (C=O) groups is 1. The van der Waals surface area contributed by atoms with Gasteiger partial charge in [-0.1, -0.05) is 0 Å². The zero-order valence-electron chi connectivity index (χ0n) is 11.3. The fourth-order valence-electron chi connectivity index (χ4n) is 2.91. The van der Waals surface area contributed by atoms with E-state index in [2.05, 4.69) is 19.0 Å². The van der Waals surface area contributed by atoms with Gasteiger partial charge in [0.05, 0.1) is 5.41 Å². The zero-order chi connectivity index (χ0) is 12.7. The molecular weight excluding hydrogens is 214 g/mol. The molecule has 0 atom stereocenters. The molecule has 4 heteroatoms. The van der Waals surface area contributed by atoms with Crippen molar-refractivity contribution in [2.45, 2.75) is 37.6 Å². The lowest BCUT2D eigenvalue weighted by Crippen LogP contribution is -2.58. The third-order valence-corrected chi connectivity index (χ3v) is 4.81. The molecule has 0 spiro atoms. The highest BCUT2D eigenvalue weighted by atomic mass is 16.2. The van der Waals surface area contributed by atoms with E-state index in [0.29, 0.717) is 6.54 Å². The molecule has 0 aliphatic heterocycles. The maximum absolute atomic E-state index is 12.3. The second-order valence-corrected chi connectivity index (χ2v) is 6.12. The predicted molar refractivity (Wildman–Crippen MR) is 68.6 cm³/mol. The van der Waals surface area contributed by atoms with Crippen molar-refractivity contribution >= 4 is 5.91 Å². The van der Waals surface area contributed by atoms with Crippen LogP contribution in [0.4, 0.5) is 0 Å². The van der Waals surface area contributed by atoms with E-state index < -0.39 is 0 Å². The Kier molecular flexibility index (Phi) is 3.21. The molecule has 2 fully saturated rings. The van der Waals surface area contributed by atoms with E-state index in [1.165, 1.54) is 19.3 Å². The van der Waals surface area contributed by atoms with Crippen LogP contribution in [0.2, 0.25) is 0 Å². The standard InChI is InChI=1S/C13H25N3O/c1-15(2)13(5-4-6-13)10-16(3)11(17)12(9-14)7-8-12/h4-10,14H2,1-3H3. The van der Waals surface area contributed by atoms with E-state index >= 15 is 0 Å². The number of hydrogen-bond acceptors (Lipinski definition) is 3. The fraction of sp³-hybridized carbons (Fsp3) is 0.923. The Morgan fingerprint density at radius 3 is 2.06 bits per heavy atom. The van der Waals surface area contributed by atoms with Crippen LogP contribution in [-0.4, -0.2) is 55.5 Å². The number of rotatable bonds is 5. The molecule has 0 bridgehead atoms. The number of likely N-dealkylation sites (N-methyl/N-ethyl adjacent to an activating group) is 2. The highest BCUT2D eigenvalue weighted by Gasteiger charge is 2.51. The van der Waals surface area contributed by atoms with Crippen LogP contribution in [0.1, 0.15) is 32.1 Å². The average Bonchev–Trinajstić information content (AvgIpc) is 3.02. The average molecular weight is 239 g/mol. The van der Waals surface area contributed by atoms with Gasteiger partial charge in [0.15, 0.2) is 0 Å². The Labute approximate surface area is 104 Å². The van der Waals surface area contributed by atoms with E-state index in [-0.39, 0.29) is 16.9 Å². The van der Waals surface area contributed by atoms with E-state index in [0.717, 1.165) is 19.4 Å². The first-order chi connectivity index (χ1) is 7.96. The van der Waals surface area contributed by atoms with Gasteiger partial charge < -0.3 is 15.5 Å². The van der Waals surface area contributed by atoms with Crippen molar-refractivity contribution in [1.29, 1.82) is 0 Å². The molecule has 0 aromatic rings. The van der Waals surface area contributed by atoms with Gasteiger partial charge in [-0.2, -0.15) is 0 Å². The molecule has 0 heterocycles. The van der Waals surface area contributed by atoms with Crippen molar-refractivity contribution in [2.75, 3.05) is 34.2 Å². The lowest BCUT2D eigenvalue weighted by molar-refractivity contribution is -0.138. The molecule has 0 radical (unpaired) electrons. The molecule has 2 aliphatic carbocycles. The maximum Gasteiger partial charge on any atom is 0.229 e. The van der Waals surface area contributed by atoms with Crippen LogP contribution in [0.3, 0.4) is 0 Å². The molecule has 2 saturated carbocycles. The number of carbonyl (C=O) groups excluding carboxylic acids is 1. The van der Waals surface area contributed by atoms with Crippen molar-refractivity contribution < 1.29 is 4.79 Å². The first-order valence-corrected chi connectivity index (χ1v) is 6.59. The van der Waals surface area contributed by atoms with E-state index in [4.69, 9.17) is 5.73 Å². The Morgan fingerprint density at radius 1 is 1.18 bits per heavy atom. The van der Waals surface area contributed by atoms with Gasteiger partial charge in [0.25, 0.3) is 0 Å². The Bertz CT molecular complexity index is 306. The van der Waals surface area contributed by atoms with Crippen molar-refractivity contribution in [3.63, 3.8) is 0 Å². The quantitative estimate of drug-likeness (QED) is 0.767. The van der Waals surface area contributed by atoms with Crippen molar-refractivity contribution in [3.8, 4) is 0 Å². The first kappa shape index (κ1) is 12.8. The summed E-state index contributed by atoms with van der Waals surface area (Å²) in [5.41, 5.74) is 5.73. The molecule has 0 aromatic carbocycles. The van der Waals surface area contributed by atoms with E-state index in [1.54, 1.807) is 0 Å². The molecule has 2 N–H and O–H groups in total. The Morgan fingerprint density at radius 2 is 1.76 bits per heavy atom. The minimum Gasteiger partial charge on any atom is -0.343 e. The van der Waals surface area contributed by atoms with Gasteiger partial charge in [-0.25, -0.2) is 0 Å². The number of hydrogen-bond donors (Lipinski definition) is 1. The molecule has 98 valence electrons. The second-order valence-electron chi connectivity index (χ2n) is 6.12. The summed E-state index contributed by atoms with van der Waals surface area (Å²) < 4.78 is 0. The molecule has 1 amide bonds. The number of nitrogens with zero attached hydrogens (tertiary/aromatic N) is 2. The summed E-state index contributed by atoms with van der Waals surface area (Å²) in [5, 5.41) is 0. The minimum atomic E-state index is -0.202. The van der Waals surface area contributed by atoms with Crippen LogP contribution in [0.15, 0.2) is 0 Å². The van der Waals surface area contributed by atoms with Crippen LogP contribution in [0.5, 0.6) is 0 Å². The van der Waals surface area contributed by atoms with Gasteiger partial charge in [0, 0.05) is 25.7 Å². The smallest absolute Gasteiger partial charge is 0.229 e. The zero-order valence-corrected chi connectivity index (χ0v) is 11.3. The Balaban J connectivity index is 1.97. The summed E-state index contributed by atoms with van der Waals surface area (Å²) in [7, 11) is 6.17. The highest BCUT2D eigenvalue weighted by molar-refractivity contribution is 5.85. The molecule has 0 saturated heterocycles. The summed E-state index contributed by atoms with van der Waals surface area (Å²) in [5.74, 6) is 0.258. The predicted octanol–water partition coefficient (Wildman–Crippen LogP) is 0.668. The van der Waals surface area contributed by atoms with Gasteiger partial charge in [-0.05, 0) is 46.2 Å². The minimum absolute atomic E-state index is 0.202. The molecule has 17 heavy (non-hydrogen) atoms. The van der Waals surface area contributed by atoms with Crippen LogP contribution in [0.25, 0.3) is 0 Å². The summed E-state index contributed by atoms with van der Waals surface area (Å²) in [6, 6.07) is 0. The number of amides is 1. The summed E-state index contributed by atoms with van der Waals surface area (Å²) in [6.07, 6.45) is 5.63. The molecule has 2 rings (SSSR count). The molecule has 2 aliphatic rings. The first-order valence-electron chi connectivity index (χ1n) is 6.59.